The third kappa shape index (κ3) is 4.60. The lowest BCUT2D eigenvalue weighted by Gasteiger charge is -2.11. The zero-order chi connectivity index (χ0) is 17.4. The van der Waals surface area contributed by atoms with Crippen LogP contribution in [0.4, 0.5) is 5.69 Å². The van der Waals surface area contributed by atoms with Gasteiger partial charge >= 0.3 is 0 Å². The number of para-hydroxylation sites is 3. The fourth-order valence-corrected chi connectivity index (χ4v) is 2.14. The molecule has 0 saturated carbocycles. The van der Waals surface area contributed by atoms with Crippen molar-refractivity contribution in [3.8, 4) is 17.2 Å². The number of nitrogens with one attached hydrogen (secondary N) is 2. The summed E-state index contributed by atoms with van der Waals surface area (Å²) in [5.41, 5.74) is 3.94. The van der Waals surface area contributed by atoms with E-state index >= 15 is 0 Å². The number of benzene rings is 2. The van der Waals surface area contributed by atoms with Crippen LogP contribution in [0.15, 0.2) is 47.6 Å². The molecule has 7 heteroatoms. The third-order valence-corrected chi connectivity index (χ3v) is 3.25. The third-order valence-electron chi connectivity index (χ3n) is 3.05. The maximum absolute atomic E-state index is 10.1. The van der Waals surface area contributed by atoms with Crippen molar-refractivity contribution in [2.45, 2.75) is 6.92 Å². The predicted molar refractivity (Wildman–Crippen MR) is 99.2 cm³/mol. The molecule has 0 spiro atoms. The highest BCUT2D eigenvalue weighted by molar-refractivity contribution is 7.80. The average Bonchev–Trinajstić information content (AvgIpc) is 2.59. The van der Waals surface area contributed by atoms with E-state index in [0.717, 1.165) is 5.69 Å². The molecular formula is C17H19N3O3S. The van der Waals surface area contributed by atoms with E-state index in [1.165, 1.54) is 6.21 Å². The SMILES string of the molecule is CCOc1cccc(/C=N/NC(=S)Nc2ccccc2OC)c1O. The first-order valence-electron chi connectivity index (χ1n) is 7.33. The fraction of sp³-hybridized carbons (Fsp3) is 0.176. The van der Waals surface area contributed by atoms with Crippen LogP contribution in [-0.4, -0.2) is 30.2 Å². The second kappa shape index (κ2) is 8.73. The van der Waals surface area contributed by atoms with Crippen molar-refractivity contribution < 1.29 is 14.6 Å². The molecule has 0 radical (unpaired) electrons. The Labute approximate surface area is 146 Å². The number of thiocarbonyl (C=S) groups is 1. The number of ether oxygens (including phenoxy) is 2. The maximum Gasteiger partial charge on any atom is 0.191 e. The molecule has 3 N–H and O–H groups in total. The van der Waals surface area contributed by atoms with E-state index < -0.39 is 0 Å². The maximum atomic E-state index is 10.1. The van der Waals surface area contributed by atoms with Crippen LogP contribution < -0.4 is 20.2 Å². The molecule has 0 unspecified atom stereocenters. The van der Waals surface area contributed by atoms with Crippen LogP contribution in [0, 0.1) is 0 Å². The lowest BCUT2D eigenvalue weighted by molar-refractivity contribution is 0.318. The van der Waals surface area contributed by atoms with Crippen molar-refractivity contribution >= 4 is 29.2 Å². The molecule has 0 bridgehead atoms. The number of aromatic hydroxyl groups is 1. The lowest BCUT2D eigenvalue weighted by atomic mass is 10.2. The number of hydrogen-bond donors (Lipinski definition) is 3. The first-order chi connectivity index (χ1) is 11.7. The highest BCUT2D eigenvalue weighted by Crippen LogP contribution is 2.28. The predicted octanol–water partition coefficient (Wildman–Crippen LogP) is 3.12. The van der Waals surface area contributed by atoms with Crippen LogP contribution in [-0.2, 0) is 0 Å². The molecule has 2 aromatic rings. The van der Waals surface area contributed by atoms with Gasteiger partial charge in [0.25, 0.3) is 0 Å². The zero-order valence-corrected chi connectivity index (χ0v) is 14.3. The molecular weight excluding hydrogens is 326 g/mol. The van der Waals surface area contributed by atoms with Gasteiger partial charge in [0.2, 0.25) is 0 Å². The van der Waals surface area contributed by atoms with Crippen molar-refractivity contribution in [1.29, 1.82) is 0 Å². The van der Waals surface area contributed by atoms with Crippen LogP contribution in [0.2, 0.25) is 0 Å². The minimum atomic E-state index is 0.0357. The van der Waals surface area contributed by atoms with E-state index in [2.05, 4.69) is 15.8 Å². The number of phenols is 1. The van der Waals surface area contributed by atoms with Crippen molar-refractivity contribution in [1.82, 2.24) is 5.43 Å². The molecule has 0 fully saturated rings. The highest BCUT2D eigenvalue weighted by atomic mass is 32.1. The summed E-state index contributed by atoms with van der Waals surface area (Å²) in [6, 6.07) is 12.6. The Bertz CT molecular complexity index is 735. The van der Waals surface area contributed by atoms with Gasteiger partial charge < -0.3 is 19.9 Å². The number of hydrogen-bond acceptors (Lipinski definition) is 5. The molecule has 0 saturated heterocycles. The van der Waals surface area contributed by atoms with Gasteiger partial charge in [-0.3, -0.25) is 5.43 Å². The van der Waals surface area contributed by atoms with Crippen LogP contribution >= 0.6 is 12.2 Å². The van der Waals surface area contributed by atoms with E-state index in [4.69, 9.17) is 21.7 Å². The molecule has 0 aliphatic rings. The largest absolute Gasteiger partial charge is 0.504 e. The number of rotatable bonds is 6. The van der Waals surface area contributed by atoms with Gasteiger partial charge in [-0.1, -0.05) is 18.2 Å². The van der Waals surface area contributed by atoms with Crippen LogP contribution in [0.25, 0.3) is 0 Å². The van der Waals surface area contributed by atoms with Gasteiger partial charge in [-0.15, -0.1) is 0 Å². The molecule has 126 valence electrons. The van der Waals surface area contributed by atoms with Gasteiger partial charge in [-0.2, -0.15) is 5.10 Å². The summed E-state index contributed by atoms with van der Waals surface area (Å²) < 4.78 is 10.6. The quantitative estimate of drug-likeness (QED) is 0.424. The molecule has 24 heavy (non-hydrogen) atoms. The Morgan fingerprint density at radius 1 is 1.21 bits per heavy atom. The van der Waals surface area contributed by atoms with Crippen LogP contribution in [0.5, 0.6) is 17.2 Å². The lowest BCUT2D eigenvalue weighted by Crippen LogP contribution is -2.24. The highest BCUT2D eigenvalue weighted by Gasteiger charge is 2.06. The van der Waals surface area contributed by atoms with E-state index in [1.54, 1.807) is 25.3 Å². The minimum absolute atomic E-state index is 0.0357. The molecule has 2 rings (SSSR count). The second-order valence-electron chi connectivity index (χ2n) is 4.65. The van der Waals surface area contributed by atoms with Crippen LogP contribution in [0.3, 0.4) is 0 Å². The van der Waals surface area contributed by atoms with E-state index in [-0.39, 0.29) is 5.75 Å². The summed E-state index contributed by atoms with van der Waals surface area (Å²) in [6.45, 7) is 2.32. The Kier molecular flexibility index (Phi) is 6.39. The van der Waals surface area contributed by atoms with Gasteiger partial charge in [0, 0.05) is 5.56 Å². The number of phenolic OH excluding ortho intramolecular Hbond substituents is 1. The van der Waals surface area contributed by atoms with Crippen molar-refractivity contribution in [2.75, 3.05) is 19.0 Å². The van der Waals surface area contributed by atoms with Gasteiger partial charge in [-0.05, 0) is 43.4 Å². The van der Waals surface area contributed by atoms with Gasteiger partial charge in [-0.25, -0.2) is 0 Å². The Hall–Kier alpha value is -2.80. The van der Waals surface area contributed by atoms with Crippen molar-refractivity contribution in [3.05, 3.63) is 48.0 Å². The smallest absolute Gasteiger partial charge is 0.191 e. The van der Waals surface area contributed by atoms with Gasteiger partial charge in [0.1, 0.15) is 5.75 Å². The molecule has 0 aliphatic heterocycles. The monoisotopic (exact) mass is 345 g/mol. The number of nitrogens with zero attached hydrogens (tertiary/aromatic N) is 1. The van der Waals surface area contributed by atoms with E-state index in [1.807, 2.05) is 31.2 Å². The average molecular weight is 345 g/mol. The second-order valence-corrected chi connectivity index (χ2v) is 5.06. The number of anilines is 1. The topological polar surface area (TPSA) is 75.1 Å². The Balaban J connectivity index is 1.99. The molecule has 2 aromatic carbocycles. The zero-order valence-electron chi connectivity index (χ0n) is 13.4. The normalized spacial score (nSPS) is 10.4. The number of methoxy groups -OCH3 is 1. The molecule has 0 atom stereocenters. The first kappa shape index (κ1) is 17.6. The molecule has 0 aliphatic carbocycles. The molecule has 6 nitrogen and oxygen atoms in total. The number of hydrazone groups is 1. The Morgan fingerprint density at radius 2 is 1.96 bits per heavy atom. The van der Waals surface area contributed by atoms with E-state index in [0.29, 0.717) is 28.8 Å². The summed E-state index contributed by atoms with van der Waals surface area (Å²) in [6.07, 6.45) is 1.47. The van der Waals surface area contributed by atoms with Gasteiger partial charge in [0.15, 0.2) is 16.6 Å². The fourth-order valence-electron chi connectivity index (χ4n) is 1.97. The van der Waals surface area contributed by atoms with Crippen molar-refractivity contribution in [2.24, 2.45) is 5.10 Å². The van der Waals surface area contributed by atoms with E-state index in [9.17, 15) is 5.11 Å². The molecule has 0 heterocycles. The van der Waals surface area contributed by atoms with Gasteiger partial charge in [0.05, 0.1) is 25.6 Å². The Morgan fingerprint density at radius 3 is 2.71 bits per heavy atom. The molecule has 0 amide bonds. The summed E-state index contributed by atoms with van der Waals surface area (Å²) in [5.74, 6) is 1.12. The van der Waals surface area contributed by atoms with Crippen molar-refractivity contribution in [3.63, 3.8) is 0 Å². The molecule has 0 aromatic heterocycles. The summed E-state index contributed by atoms with van der Waals surface area (Å²) in [5, 5.41) is 17.4. The summed E-state index contributed by atoms with van der Waals surface area (Å²) >= 11 is 5.18. The first-order valence-corrected chi connectivity index (χ1v) is 7.74. The summed E-state index contributed by atoms with van der Waals surface area (Å²) in [4.78, 5) is 0. The summed E-state index contributed by atoms with van der Waals surface area (Å²) in [7, 11) is 1.59. The standard InChI is InChI=1S/C17H19N3O3S/c1-3-23-15-10-6-7-12(16(15)21)11-18-20-17(24)19-13-8-4-5-9-14(13)22-2/h4-11,21H,3H2,1-2H3,(H2,19,20,24)/b18-11+. The van der Waals surface area contributed by atoms with Crippen LogP contribution in [0.1, 0.15) is 12.5 Å². The minimum Gasteiger partial charge on any atom is -0.504 e.